The van der Waals surface area contributed by atoms with Gasteiger partial charge >= 0.3 is 0 Å². The lowest BCUT2D eigenvalue weighted by Crippen LogP contribution is -2.63. The Bertz CT molecular complexity index is 952. The number of likely N-dealkylation sites (N-methyl/N-ethyl adjacent to an activating group) is 1. The number of nitrogens with one attached hydrogen (secondary N) is 2. The van der Waals surface area contributed by atoms with Crippen molar-refractivity contribution < 1.29 is 19.1 Å². The highest BCUT2D eigenvalue weighted by molar-refractivity contribution is 6.03. The highest BCUT2D eigenvalue weighted by Gasteiger charge is 2.45. The summed E-state index contributed by atoms with van der Waals surface area (Å²) in [6.07, 6.45) is 0.866. The highest BCUT2D eigenvalue weighted by atomic mass is 16.5. The van der Waals surface area contributed by atoms with Crippen LogP contribution in [-0.2, 0) is 20.9 Å². The van der Waals surface area contributed by atoms with Gasteiger partial charge < -0.3 is 24.8 Å². The van der Waals surface area contributed by atoms with E-state index in [4.69, 9.17) is 4.74 Å². The van der Waals surface area contributed by atoms with Crippen LogP contribution in [0.4, 0.5) is 0 Å². The monoisotopic (exact) mass is 414 g/mol. The molecule has 8 heteroatoms. The zero-order valence-electron chi connectivity index (χ0n) is 18.0. The van der Waals surface area contributed by atoms with E-state index in [9.17, 15) is 14.4 Å². The Kier molecular flexibility index (Phi) is 6.45. The molecule has 2 heterocycles. The van der Waals surface area contributed by atoms with E-state index < -0.39 is 5.54 Å². The average Bonchev–Trinajstić information content (AvgIpc) is 3.08. The van der Waals surface area contributed by atoms with Gasteiger partial charge in [0.25, 0.3) is 5.91 Å². The Morgan fingerprint density at radius 2 is 1.97 bits per heavy atom. The molecule has 1 aliphatic heterocycles. The fourth-order valence-corrected chi connectivity index (χ4v) is 3.62. The number of nitrogens with zero attached hydrogens (tertiary/aromatic N) is 2. The van der Waals surface area contributed by atoms with Gasteiger partial charge in [0.15, 0.2) is 0 Å². The van der Waals surface area contributed by atoms with Crippen molar-refractivity contribution in [1.82, 2.24) is 20.1 Å². The molecule has 0 bridgehead atoms. The van der Waals surface area contributed by atoms with Crippen molar-refractivity contribution in [3.8, 4) is 0 Å². The maximum absolute atomic E-state index is 13.0. The number of carbonyl (C=O) groups is 3. The van der Waals surface area contributed by atoms with Crippen LogP contribution in [0.5, 0.6) is 0 Å². The maximum atomic E-state index is 13.0. The Morgan fingerprint density at radius 1 is 1.23 bits per heavy atom. The largest absolute Gasteiger partial charge is 0.379 e. The van der Waals surface area contributed by atoms with Gasteiger partial charge in [0.05, 0.1) is 19.2 Å². The molecule has 1 aromatic heterocycles. The molecule has 0 saturated carbocycles. The molecule has 3 rings (SSSR count). The number of amides is 3. The fourth-order valence-electron chi connectivity index (χ4n) is 3.62. The molecule has 0 radical (unpaired) electrons. The lowest BCUT2D eigenvalue weighted by Gasteiger charge is -2.41. The second-order valence-electron chi connectivity index (χ2n) is 8.12. The number of aromatic nitrogens is 1. The third-order valence-corrected chi connectivity index (χ3v) is 5.53. The first-order chi connectivity index (χ1) is 14.2. The van der Waals surface area contributed by atoms with Gasteiger partial charge in [-0.2, -0.15) is 0 Å². The summed E-state index contributed by atoms with van der Waals surface area (Å²) in [5.74, 6) is -0.849. The summed E-state index contributed by atoms with van der Waals surface area (Å²) in [7, 11) is 1.62. The second-order valence-corrected chi connectivity index (χ2v) is 8.12. The topological polar surface area (TPSA) is 92.7 Å². The number of hydrogen-bond acceptors (Lipinski definition) is 4. The summed E-state index contributed by atoms with van der Waals surface area (Å²) in [4.78, 5) is 39.4. The van der Waals surface area contributed by atoms with Gasteiger partial charge in [-0.05, 0) is 39.3 Å². The number of rotatable bonds is 8. The van der Waals surface area contributed by atoms with Crippen LogP contribution in [0.2, 0.25) is 0 Å². The van der Waals surface area contributed by atoms with Gasteiger partial charge in [0.2, 0.25) is 11.8 Å². The van der Waals surface area contributed by atoms with Gasteiger partial charge in [-0.1, -0.05) is 18.2 Å². The molecule has 2 N–H and O–H groups in total. The second kappa shape index (κ2) is 8.87. The van der Waals surface area contributed by atoms with Crippen LogP contribution < -0.4 is 10.6 Å². The minimum absolute atomic E-state index is 0.138. The minimum atomic E-state index is -1.10. The van der Waals surface area contributed by atoms with E-state index in [0.717, 1.165) is 10.9 Å². The Morgan fingerprint density at radius 3 is 2.70 bits per heavy atom. The van der Waals surface area contributed by atoms with Crippen molar-refractivity contribution >= 4 is 28.6 Å². The first-order valence-electron chi connectivity index (χ1n) is 10.3. The highest BCUT2D eigenvalue weighted by Crippen LogP contribution is 2.31. The number of ether oxygens (including phenoxy) is 1. The van der Waals surface area contributed by atoms with E-state index in [-0.39, 0.29) is 30.4 Å². The molecule has 0 spiro atoms. The van der Waals surface area contributed by atoms with Crippen molar-refractivity contribution in [2.24, 2.45) is 0 Å². The Hall–Kier alpha value is -2.87. The minimum Gasteiger partial charge on any atom is -0.379 e. The molecule has 1 aliphatic rings. The predicted octanol–water partition coefficient (Wildman–Crippen LogP) is 1.53. The molecule has 8 nitrogen and oxygen atoms in total. The number of hydrogen-bond donors (Lipinski definition) is 2. The Labute approximate surface area is 176 Å². The zero-order chi connectivity index (χ0) is 21.9. The molecule has 1 atom stereocenters. The molecule has 1 aromatic carbocycles. The van der Waals surface area contributed by atoms with Gasteiger partial charge in [-0.25, -0.2) is 0 Å². The van der Waals surface area contributed by atoms with Crippen molar-refractivity contribution in [3.05, 3.63) is 36.0 Å². The lowest BCUT2D eigenvalue weighted by molar-refractivity contribution is -0.134. The molecule has 0 unspecified atom stereocenters. The first kappa shape index (κ1) is 21.8. The lowest BCUT2D eigenvalue weighted by atomic mass is 9.95. The van der Waals surface area contributed by atoms with Crippen LogP contribution >= 0.6 is 0 Å². The molecule has 2 aromatic rings. The van der Waals surface area contributed by atoms with Gasteiger partial charge in [-0.15, -0.1) is 0 Å². The number of carbonyl (C=O) groups excluding carboxylic acids is 3. The summed E-state index contributed by atoms with van der Waals surface area (Å²) in [5, 5.41) is 6.41. The SMILES string of the molecule is CC(C)OCCCNC(=O)CNC(=O)[C@@]1(C)Cn2c(cc3ccccc32)C(=O)N1C. The van der Waals surface area contributed by atoms with E-state index >= 15 is 0 Å². The summed E-state index contributed by atoms with van der Waals surface area (Å²) >= 11 is 0. The predicted molar refractivity (Wildman–Crippen MR) is 114 cm³/mol. The number of para-hydroxylation sites is 1. The third kappa shape index (κ3) is 4.33. The number of benzene rings is 1. The smallest absolute Gasteiger partial charge is 0.271 e. The first-order valence-corrected chi connectivity index (χ1v) is 10.3. The molecule has 162 valence electrons. The molecule has 0 saturated heterocycles. The molecular weight excluding hydrogens is 384 g/mol. The molecule has 0 fully saturated rings. The van der Waals surface area contributed by atoms with Crippen LogP contribution in [-0.4, -0.2) is 65.6 Å². The van der Waals surface area contributed by atoms with Gasteiger partial charge in [0, 0.05) is 31.1 Å². The van der Waals surface area contributed by atoms with Crippen molar-refractivity contribution in [2.75, 3.05) is 26.7 Å². The van der Waals surface area contributed by atoms with E-state index in [1.165, 1.54) is 4.90 Å². The van der Waals surface area contributed by atoms with Crippen molar-refractivity contribution in [1.29, 1.82) is 0 Å². The quantitative estimate of drug-likeness (QED) is 0.641. The maximum Gasteiger partial charge on any atom is 0.271 e. The summed E-state index contributed by atoms with van der Waals surface area (Å²) in [6, 6.07) is 9.56. The molecule has 3 amide bonds. The van der Waals surface area contributed by atoms with Gasteiger partial charge in [0.1, 0.15) is 11.2 Å². The molecular formula is C22H30N4O4. The normalized spacial score (nSPS) is 18.6. The molecule has 0 aliphatic carbocycles. The molecule has 30 heavy (non-hydrogen) atoms. The van der Waals surface area contributed by atoms with Crippen molar-refractivity contribution in [2.45, 2.75) is 45.4 Å². The van der Waals surface area contributed by atoms with E-state index in [0.29, 0.717) is 31.8 Å². The summed E-state index contributed by atoms with van der Waals surface area (Å²) in [6.45, 7) is 6.87. The van der Waals surface area contributed by atoms with Crippen LogP contribution in [0.1, 0.15) is 37.7 Å². The third-order valence-electron chi connectivity index (χ3n) is 5.53. The van der Waals surface area contributed by atoms with E-state index in [1.807, 2.05) is 48.7 Å². The van der Waals surface area contributed by atoms with Gasteiger partial charge in [-0.3, -0.25) is 14.4 Å². The Balaban J connectivity index is 1.61. The van der Waals surface area contributed by atoms with Crippen LogP contribution in [0, 0.1) is 0 Å². The fraction of sp³-hybridized carbons (Fsp3) is 0.500. The van der Waals surface area contributed by atoms with Crippen molar-refractivity contribution in [3.63, 3.8) is 0 Å². The van der Waals surface area contributed by atoms with E-state index in [2.05, 4.69) is 10.6 Å². The standard InChI is InChI=1S/C22H30N4O4/c1-15(2)30-11-7-10-23-19(27)13-24-21(29)22(3)14-26-17-9-6-5-8-16(17)12-18(26)20(28)25(22)4/h5-6,8-9,12,15H,7,10-11,13-14H2,1-4H3,(H,23,27)(H,24,29)/t22-/m1/s1. The van der Waals surface area contributed by atoms with Crippen LogP contribution in [0.15, 0.2) is 30.3 Å². The zero-order valence-corrected chi connectivity index (χ0v) is 18.0. The summed E-state index contributed by atoms with van der Waals surface area (Å²) < 4.78 is 7.31. The average molecular weight is 415 g/mol. The van der Waals surface area contributed by atoms with Crippen LogP contribution in [0.3, 0.4) is 0 Å². The summed E-state index contributed by atoms with van der Waals surface area (Å²) in [5.41, 5.74) is 0.372. The number of fused-ring (bicyclic) bond motifs is 3. The van der Waals surface area contributed by atoms with E-state index in [1.54, 1.807) is 14.0 Å². The van der Waals surface area contributed by atoms with Crippen LogP contribution in [0.25, 0.3) is 10.9 Å².